The molecule has 7 rings (SSSR count). The first-order chi connectivity index (χ1) is 35.6. The largest absolute Gasteiger partial charge is 0.423 e. The third-order valence-corrected chi connectivity index (χ3v) is 16.5. The Labute approximate surface area is 440 Å². The average molecular weight is 989 g/mol. The Morgan fingerprint density at radius 3 is 1.19 bits per heavy atom. The molecule has 0 atom stereocenters. The first kappa shape index (κ1) is 55.6. The van der Waals surface area contributed by atoms with Crippen molar-refractivity contribution in [2.45, 2.75) is 213 Å². The standard InChI is InChI=1S/C67H92N2O4/c1-7-9-11-13-21-27-41-67(42-28-22-14-12-10-8-2)59-49-61(68(5)43-29-23-17-15-19-25-31-53-33-37-63-55(47-53)35-39-65(70)72-63)51(3)45-57(59)58-46-52(4)62(50-60(58)67)69(6)44-30-24-18-16-20-26-32-54-34-38-64-56(48-54)36-40-66(71)73-64/h33-40,45-50H,7-32,41-44H2,1-6H3. The number of rotatable bonds is 34. The predicted molar refractivity (Wildman–Crippen MR) is 312 cm³/mol. The third-order valence-electron chi connectivity index (χ3n) is 16.5. The normalized spacial score (nSPS) is 12.7. The fourth-order valence-corrected chi connectivity index (χ4v) is 12.2. The molecule has 0 fully saturated rings. The summed E-state index contributed by atoms with van der Waals surface area (Å²) in [5, 5.41) is 2.02. The highest BCUT2D eigenvalue weighted by Crippen LogP contribution is 2.57. The summed E-state index contributed by atoms with van der Waals surface area (Å²) in [4.78, 5) is 28.4. The van der Waals surface area contributed by atoms with Gasteiger partial charge in [0.15, 0.2) is 0 Å². The van der Waals surface area contributed by atoms with Crippen molar-refractivity contribution in [3.63, 3.8) is 0 Å². The molecule has 6 nitrogen and oxygen atoms in total. The lowest BCUT2D eigenvalue weighted by Gasteiger charge is -2.35. The van der Waals surface area contributed by atoms with Crippen molar-refractivity contribution < 1.29 is 8.83 Å². The zero-order valence-corrected chi connectivity index (χ0v) is 46.3. The minimum atomic E-state index is -0.288. The highest BCUT2D eigenvalue weighted by atomic mass is 16.4. The second-order valence-corrected chi connectivity index (χ2v) is 22.3. The molecular weight excluding hydrogens is 897 g/mol. The summed E-state index contributed by atoms with van der Waals surface area (Å²) in [5.74, 6) is 0. The number of hydrogen-bond donors (Lipinski definition) is 0. The lowest BCUT2D eigenvalue weighted by atomic mass is 9.70. The van der Waals surface area contributed by atoms with Crippen LogP contribution in [0.2, 0.25) is 0 Å². The van der Waals surface area contributed by atoms with E-state index < -0.39 is 0 Å². The zero-order chi connectivity index (χ0) is 51.4. The Kier molecular flexibility index (Phi) is 21.8. The van der Waals surface area contributed by atoms with Gasteiger partial charge in [0.05, 0.1) is 0 Å². The van der Waals surface area contributed by atoms with E-state index in [1.165, 1.54) is 224 Å². The van der Waals surface area contributed by atoms with Crippen molar-refractivity contribution in [1.29, 1.82) is 0 Å². The summed E-state index contributed by atoms with van der Waals surface area (Å²) in [7, 11) is 4.70. The number of benzene rings is 4. The number of fused-ring (bicyclic) bond motifs is 5. The van der Waals surface area contributed by atoms with Crippen LogP contribution in [0, 0.1) is 13.8 Å². The monoisotopic (exact) mass is 989 g/mol. The van der Waals surface area contributed by atoms with Crippen LogP contribution in [0.3, 0.4) is 0 Å². The molecule has 0 bridgehead atoms. The van der Waals surface area contributed by atoms with Crippen LogP contribution in [-0.4, -0.2) is 27.2 Å². The van der Waals surface area contributed by atoms with Crippen LogP contribution in [0.1, 0.15) is 214 Å². The fourth-order valence-electron chi connectivity index (χ4n) is 12.2. The van der Waals surface area contributed by atoms with Crippen molar-refractivity contribution in [3.05, 3.63) is 139 Å². The first-order valence-electron chi connectivity index (χ1n) is 29.4. The lowest BCUT2D eigenvalue weighted by Crippen LogP contribution is -2.27. The molecule has 0 radical (unpaired) electrons. The Hall–Kier alpha value is -5.10. The van der Waals surface area contributed by atoms with Crippen LogP contribution >= 0.6 is 0 Å². The Morgan fingerprint density at radius 1 is 0.411 bits per heavy atom. The molecule has 0 N–H and O–H groups in total. The molecule has 6 aromatic rings. The molecule has 1 aliphatic carbocycles. The van der Waals surface area contributed by atoms with Crippen molar-refractivity contribution in [2.24, 2.45) is 0 Å². The summed E-state index contributed by atoms with van der Waals surface area (Å²) >= 11 is 0. The smallest absolute Gasteiger partial charge is 0.336 e. The zero-order valence-electron chi connectivity index (χ0n) is 46.3. The van der Waals surface area contributed by atoms with Crippen molar-refractivity contribution in [1.82, 2.24) is 0 Å². The molecule has 394 valence electrons. The minimum absolute atomic E-state index is 0.0397. The molecule has 2 aromatic heterocycles. The van der Waals surface area contributed by atoms with Gasteiger partial charge in [-0.2, -0.15) is 0 Å². The molecule has 4 aromatic carbocycles. The molecule has 2 heterocycles. The van der Waals surface area contributed by atoms with Gasteiger partial charge >= 0.3 is 11.3 Å². The van der Waals surface area contributed by atoms with Gasteiger partial charge in [0.25, 0.3) is 0 Å². The Balaban J connectivity index is 0.982. The van der Waals surface area contributed by atoms with Crippen LogP contribution < -0.4 is 21.1 Å². The van der Waals surface area contributed by atoms with E-state index in [-0.39, 0.29) is 16.7 Å². The van der Waals surface area contributed by atoms with Crippen LogP contribution in [0.4, 0.5) is 11.4 Å². The van der Waals surface area contributed by atoms with E-state index in [1.807, 2.05) is 24.3 Å². The Bertz CT molecular complexity index is 2570. The number of nitrogens with zero attached hydrogens (tertiary/aromatic N) is 2. The second-order valence-electron chi connectivity index (χ2n) is 22.3. The van der Waals surface area contributed by atoms with Crippen LogP contribution in [0.5, 0.6) is 0 Å². The predicted octanol–water partition coefficient (Wildman–Crippen LogP) is 18.3. The summed E-state index contributed by atoms with van der Waals surface area (Å²) in [5.41, 5.74) is 15.3. The van der Waals surface area contributed by atoms with Gasteiger partial charge in [-0.25, -0.2) is 9.59 Å². The summed E-state index contributed by atoms with van der Waals surface area (Å²) in [6.45, 7) is 11.6. The third kappa shape index (κ3) is 15.5. The number of aryl methyl sites for hydroxylation is 4. The van der Waals surface area contributed by atoms with E-state index in [9.17, 15) is 9.59 Å². The molecule has 0 unspecified atom stereocenters. The maximum atomic E-state index is 11.6. The molecule has 0 saturated carbocycles. The van der Waals surface area contributed by atoms with Crippen LogP contribution in [0.25, 0.3) is 33.1 Å². The molecule has 0 amide bonds. The van der Waals surface area contributed by atoms with Crippen molar-refractivity contribution >= 4 is 33.3 Å². The van der Waals surface area contributed by atoms with E-state index in [4.69, 9.17) is 8.83 Å². The van der Waals surface area contributed by atoms with Crippen LogP contribution in [0.15, 0.2) is 103 Å². The van der Waals surface area contributed by atoms with Gasteiger partial charge in [0, 0.05) is 66.9 Å². The molecule has 0 spiro atoms. The summed E-state index contributed by atoms with van der Waals surface area (Å²) < 4.78 is 10.7. The number of anilines is 2. The number of unbranched alkanes of at least 4 members (excludes halogenated alkanes) is 20. The van der Waals surface area contributed by atoms with Crippen molar-refractivity contribution in [2.75, 3.05) is 37.0 Å². The number of hydrogen-bond acceptors (Lipinski definition) is 6. The summed E-state index contributed by atoms with van der Waals surface area (Å²) in [6.07, 6.45) is 35.5. The minimum Gasteiger partial charge on any atom is -0.423 e. The molecule has 0 saturated heterocycles. The van der Waals surface area contributed by atoms with E-state index in [0.717, 1.165) is 36.7 Å². The lowest BCUT2D eigenvalue weighted by molar-refractivity contribution is 0.398. The van der Waals surface area contributed by atoms with Gasteiger partial charge in [-0.05, 0) is 170 Å². The topological polar surface area (TPSA) is 66.9 Å². The SMILES string of the molecule is CCCCCCCCC1(CCCCCCCC)c2cc(N(C)CCCCCCCCc3ccc4oc(=O)ccc4c3)c(C)cc2-c2cc(C)c(N(C)CCCCCCCCc3ccc4oc(=O)ccc4c3)cc21. The first-order valence-corrected chi connectivity index (χ1v) is 29.4. The van der Waals surface area contributed by atoms with Gasteiger partial charge in [-0.15, -0.1) is 0 Å². The highest BCUT2D eigenvalue weighted by molar-refractivity contribution is 5.86. The molecule has 6 heteroatoms. The quantitative estimate of drug-likeness (QED) is 0.0296. The van der Waals surface area contributed by atoms with Gasteiger partial charge in [0.2, 0.25) is 0 Å². The Morgan fingerprint density at radius 2 is 0.781 bits per heavy atom. The van der Waals surface area contributed by atoms with Gasteiger partial charge < -0.3 is 18.6 Å². The maximum absolute atomic E-state index is 11.6. The molecule has 0 aliphatic heterocycles. The summed E-state index contributed by atoms with van der Waals surface area (Å²) in [6, 6.07) is 29.8. The maximum Gasteiger partial charge on any atom is 0.336 e. The highest BCUT2D eigenvalue weighted by Gasteiger charge is 2.43. The fraction of sp³-hybridized carbons (Fsp3) is 0.552. The molecule has 1 aliphatic rings. The van der Waals surface area contributed by atoms with E-state index in [0.29, 0.717) is 11.2 Å². The van der Waals surface area contributed by atoms with E-state index in [2.05, 4.69) is 100 Å². The molecular formula is C67H92N2O4. The van der Waals surface area contributed by atoms with Gasteiger partial charge in [0.1, 0.15) is 11.2 Å². The van der Waals surface area contributed by atoms with E-state index >= 15 is 0 Å². The average Bonchev–Trinajstić information content (AvgIpc) is 3.63. The van der Waals surface area contributed by atoms with Crippen molar-refractivity contribution in [3.8, 4) is 11.1 Å². The van der Waals surface area contributed by atoms with E-state index in [1.54, 1.807) is 11.1 Å². The van der Waals surface area contributed by atoms with Crippen LogP contribution in [-0.2, 0) is 18.3 Å². The van der Waals surface area contributed by atoms with Gasteiger partial charge in [-0.1, -0.05) is 154 Å². The second kappa shape index (κ2) is 28.5. The molecule has 73 heavy (non-hydrogen) atoms. The van der Waals surface area contributed by atoms with Gasteiger partial charge in [-0.3, -0.25) is 0 Å².